The number of nitrogens with one attached hydrogen (secondary N) is 1. The molecule has 0 aliphatic heterocycles. The van der Waals surface area contributed by atoms with Crippen LogP contribution in [0.2, 0.25) is 0 Å². The van der Waals surface area contributed by atoms with Crippen molar-refractivity contribution in [2.75, 3.05) is 6.61 Å². The van der Waals surface area contributed by atoms with Crippen LogP contribution in [0, 0.1) is 0 Å². The summed E-state index contributed by atoms with van der Waals surface area (Å²) in [5.41, 5.74) is 0. The first-order valence-corrected chi connectivity index (χ1v) is 21.4. The number of aliphatic hydroxyl groups is 4. The number of amides is 1. The Balaban J connectivity index is 3.41. The fourth-order valence-electron chi connectivity index (χ4n) is 6.88. The second-order valence-electron chi connectivity index (χ2n) is 15.1. The highest BCUT2D eigenvalue weighted by molar-refractivity contribution is 5.80. The standard InChI is InChI=1S/C42H85NO5/c1-3-5-7-8-9-10-11-12-13-14-15-16-17-18-19-20-21-22-23-24-25-26-27-28-29-30-31-32-34-36-40(46)42(48)43-38(37-44)41(47)39(45)35-33-6-4-2/h38-41,44-47H,3-37H2,1-2H3,(H,43,48). The van der Waals surface area contributed by atoms with Gasteiger partial charge in [-0.25, -0.2) is 0 Å². The second kappa shape index (κ2) is 37.6. The molecule has 0 aromatic heterocycles. The molecule has 1 amide bonds. The SMILES string of the molecule is CCCCCCCCCCCCCCCCCCCCCCCCCCCCCCCC(O)C(=O)NC(CO)C(O)C(O)CCCCC. The lowest BCUT2D eigenvalue weighted by Crippen LogP contribution is -2.53. The van der Waals surface area contributed by atoms with Gasteiger partial charge in [0.25, 0.3) is 0 Å². The summed E-state index contributed by atoms with van der Waals surface area (Å²) < 4.78 is 0. The van der Waals surface area contributed by atoms with Crippen molar-refractivity contribution in [3.05, 3.63) is 0 Å². The molecule has 48 heavy (non-hydrogen) atoms. The lowest BCUT2D eigenvalue weighted by Gasteiger charge is -2.27. The molecule has 0 aliphatic carbocycles. The summed E-state index contributed by atoms with van der Waals surface area (Å²) in [7, 11) is 0. The predicted octanol–water partition coefficient (Wildman–Crippen LogP) is 10.8. The normalized spacial score (nSPS) is 14.2. The summed E-state index contributed by atoms with van der Waals surface area (Å²) in [6, 6.07) is -0.975. The van der Waals surface area contributed by atoms with E-state index in [0.717, 1.165) is 38.5 Å². The van der Waals surface area contributed by atoms with Crippen molar-refractivity contribution in [2.24, 2.45) is 0 Å². The molecule has 0 spiro atoms. The third-order valence-electron chi connectivity index (χ3n) is 10.3. The van der Waals surface area contributed by atoms with Crippen molar-refractivity contribution in [1.82, 2.24) is 5.32 Å². The highest BCUT2D eigenvalue weighted by Gasteiger charge is 2.28. The number of hydrogen-bond donors (Lipinski definition) is 5. The molecule has 0 saturated heterocycles. The van der Waals surface area contributed by atoms with Crippen molar-refractivity contribution in [3.63, 3.8) is 0 Å². The largest absolute Gasteiger partial charge is 0.394 e. The number of unbranched alkanes of at least 4 members (excludes halogenated alkanes) is 30. The lowest BCUT2D eigenvalue weighted by atomic mass is 10.00. The zero-order valence-electron chi connectivity index (χ0n) is 32.3. The van der Waals surface area contributed by atoms with Crippen LogP contribution in [0.5, 0.6) is 0 Å². The van der Waals surface area contributed by atoms with Gasteiger partial charge < -0.3 is 25.7 Å². The molecule has 0 aromatic carbocycles. The fraction of sp³-hybridized carbons (Fsp3) is 0.976. The third kappa shape index (κ3) is 31.3. The molecular weight excluding hydrogens is 598 g/mol. The zero-order valence-corrected chi connectivity index (χ0v) is 32.3. The molecule has 0 heterocycles. The molecule has 0 rings (SSSR count). The molecule has 0 saturated carbocycles. The Morgan fingerprint density at radius 2 is 0.708 bits per heavy atom. The van der Waals surface area contributed by atoms with Crippen LogP contribution >= 0.6 is 0 Å². The van der Waals surface area contributed by atoms with Gasteiger partial charge in [-0.1, -0.05) is 219 Å². The van der Waals surface area contributed by atoms with Crippen molar-refractivity contribution < 1.29 is 25.2 Å². The van der Waals surface area contributed by atoms with Gasteiger partial charge in [0.1, 0.15) is 12.2 Å². The number of hydrogen-bond acceptors (Lipinski definition) is 5. The van der Waals surface area contributed by atoms with Gasteiger partial charge in [0.05, 0.1) is 18.8 Å². The van der Waals surface area contributed by atoms with Gasteiger partial charge in [0, 0.05) is 0 Å². The Kier molecular flexibility index (Phi) is 37.0. The second-order valence-corrected chi connectivity index (χ2v) is 15.1. The Bertz CT molecular complexity index is 648. The molecule has 6 heteroatoms. The highest BCUT2D eigenvalue weighted by Crippen LogP contribution is 2.17. The highest BCUT2D eigenvalue weighted by atomic mass is 16.3. The van der Waals surface area contributed by atoms with E-state index >= 15 is 0 Å². The lowest BCUT2D eigenvalue weighted by molar-refractivity contribution is -0.132. The average Bonchev–Trinajstić information content (AvgIpc) is 3.09. The summed E-state index contributed by atoms with van der Waals surface area (Å²) in [5, 5.41) is 42.7. The van der Waals surface area contributed by atoms with E-state index in [2.05, 4.69) is 19.2 Å². The molecule has 5 N–H and O–H groups in total. The third-order valence-corrected chi connectivity index (χ3v) is 10.3. The monoisotopic (exact) mass is 684 g/mol. The Morgan fingerprint density at radius 1 is 0.438 bits per heavy atom. The minimum atomic E-state index is -1.25. The molecule has 0 aliphatic rings. The van der Waals surface area contributed by atoms with Crippen LogP contribution in [0.25, 0.3) is 0 Å². The van der Waals surface area contributed by atoms with E-state index in [9.17, 15) is 25.2 Å². The molecular formula is C42H85NO5. The van der Waals surface area contributed by atoms with Crippen molar-refractivity contribution >= 4 is 5.91 Å². The van der Waals surface area contributed by atoms with Gasteiger partial charge in [0.15, 0.2) is 0 Å². The maximum Gasteiger partial charge on any atom is 0.249 e. The van der Waals surface area contributed by atoms with Crippen LogP contribution in [-0.2, 0) is 4.79 Å². The maximum absolute atomic E-state index is 12.3. The van der Waals surface area contributed by atoms with E-state index in [0.29, 0.717) is 12.8 Å². The number of carbonyl (C=O) groups is 1. The van der Waals surface area contributed by atoms with Crippen LogP contribution in [0.15, 0.2) is 0 Å². The summed E-state index contributed by atoms with van der Waals surface area (Å²) in [5.74, 6) is -0.589. The number of carbonyl (C=O) groups excluding carboxylic acids is 1. The first-order valence-electron chi connectivity index (χ1n) is 21.4. The summed E-state index contributed by atoms with van der Waals surface area (Å²) in [6.07, 6.45) is 39.6. The van der Waals surface area contributed by atoms with E-state index in [4.69, 9.17) is 0 Å². The maximum atomic E-state index is 12.3. The molecule has 0 fully saturated rings. The van der Waals surface area contributed by atoms with Crippen molar-refractivity contribution in [2.45, 2.75) is 257 Å². The Morgan fingerprint density at radius 3 is 1.02 bits per heavy atom. The predicted molar refractivity (Wildman–Crippen MR) is 205 cm³/mol. The molecule has 6 nitrogen and oxygen atoms in total. The first-order chi connectivity index (χ1) is 23.5. The topological polar surface area (TPSA) is 110 Å². The molecule has 0 bridgehead atoms. The van der Waals surface area contributed by atoms with E-state index in [-0.39, 0.29) is 0 Å². The zero-order chi connectivity index (χ0) is 35.3. The molecule has 0 aromatic rings. The summed E-state index contributed by atoms with van der Waals surface area (Å²) >= 11 is 0. The van der Waals surface area contributed by atoms with Crippen LogP contribution in [-0.4, -0.2) is 57.3 Å². The minimum absolute atomic E-state index is 0.374. The van der Waals surface area contributed by atoms with Crippen molar-refractivity contribution in [3.8, 4) is 0 Å². The Hall–Kier alpha value is -0.690. The van der Waals surface area contributed by atoms with E-state index < -0.39 is 36.9 Å². The Labute approximate surface area is 299 Å². The number of rotatable bonds is 39. The van der Waals surface area contributed by atoms with Gasteiger partial charge in [-0.3, -0.25) is 4.79 Å². The van der Waals surface area contributed by atoms with Gasteiger partial charge in [-0.05, 0) is 12.8 Å². The van der Waals surface area contributed by atoms with Gasteiger partial charge >= 0.3 is 0 Å². The van der Waals surface area contributed by atoms with Gasteiger partial charge in [0.2, 0.25) is 5.91 Å². The molecule has 0 radical (unpaired) electrons. The molecule has 4 atom stereocenters. The fourth-order valence-corrected chi connectivity index (χ4v) is 6.88. The van der Waals surface area contributed by atoms with Crippen LogP contribution in [0.4, 0.5) is 0 Å². The first kappa shape index (κ1) is 47.3. The van der Waals surface area contributed by atoms with Crippen LogP contribution in [0.1, 0.15) is 232 Å². The van der Waals surface area contributed by atoms with Gasteiger partial charge in [-0.2, -0.15) is 0 Å². The van der Waals surface area contributed by atoms with Crippen molar-refractivity contribution in [1.29, 1.82) is 0 Å². The number of aliphatic hydroxyl groups excluding tert-OH is 4. The molecule has 288 valence electrons. The van der Waals surface area contributed by atoms with E-state index in [1.807, 2.05) is 0 Å². The van der Waals surface area contributed by atoms with E-state index in [1.165, 1.54) is 167 Å². The van der Waals surface area contributed by atoms with E-state index in [1.54, 1.807) is 0 Å². The smallest absolute Gasteiger partial charge is 0.249 e. The quantitative estimate of drug-likeness (QED) is 0.0414. The average molecular weight is 684 g/mol. The minimum Gasteiger partial charge on any atom is -0.394 e. The molecule has 4 unspecified atom stereocenters. The van der Waals surface area contributed by atoms with Crippen LogP contribution in [0.3, 0.4) is 0 Å². The summed E-state index contributed by atoms with van der Waals surface area (Å²) in [6.45, 7) is 3.87. The van der Waals surface area contributed by atoms with Gasteiger partial charge in [-0.15, -0.1) is 0 Å². The van der Waals surface area contributed by atoms with Crippen LogP contribution < -0.4 is 5.32 Å². The summed E-state index contributed by atoms with van der Waals surface area (Å²) in [4.78, 5) is 12.3.